The van der Waals surface area contributed by atoms with E-state index < -0.39 is 0 Å². The molecule has 0 spiro atoms. The summed E-state index contributed by atoms with van der Waals surface area (Å²) in [6, 6.07) is 7.48. The van der Waals surface area contributed by atoms with Crippen LogP contribution in [0.4, 0.5) is 0 Å². The minimum Gasteiger partial charge on any atom is -0.353 e. The van der Waals surface area contributed by atoms with Gasteiger partial charge in [0.15, 0.2) is 4.77 Å². The molecule has 0 bridgehead atoms. The Bertz CT molecular complexity index is 882. The number of aromatic nitrogens is 2. The third-order valence-corrected chi connectivity index (χ3v) is 5.37. The molecule has 24 heavy (non-hydrogen) atoms. The van der Waals surface area contributed by atoms with E-state index in [2.05, 4.69) is 24.1 Å². The van der Waals surface area contributed by atoms with Crippen molar-refractivity contribution in [2.45, 2.75) is 52.1 Å². The van der Waals surface area contributed by atoms with Crippen LogP contribution in [-0.2, 0) is 11.3 Å². The SMILES string of the molecule is CC1(C)CCCC1NC(=O)CCn1c(=S)[nH]c2ccccc2c1=O. The summed E-state index contributed by atoms with van der Waals surface area (Å²) in [5, 5.41) is 3.70. The number of hydrogen-bond donors (Lipinski definition) is 2. The van der Waals surface area contributed by atoms with Gasteiger partial charge in [0, 0.05) is 19.0 Å². The molecule has 1 amide bonds. The number of rotatable bonds is 4. The Morgan fingerprint density at radius 1 is 1.42 bits per heavy atom. The molecule has 0 radical (unpaired) electrons. The fraction of sp³-hybridized carbons (Fsp3) is 0.500. The van der Waals surface area contributed by atoms with Gasteiger partial charge in [0.1, 0.15) is 0 Å². The largest absolute Gasteiger partial charge is 0.353 e. The van der Waals surface area contributed by atoms with E-state index in [0.717, 1.165) is 24.8 Å². The van der Waals surface area contributed by atoms with Crippen molar-refractivity contribution < 1.29 is 4.79 Å². The van der Waals surface area contributed by atoms with E-state index in [1.165, 1.54) is 4.57 Å². The number of fused-ring (bicyclic) bond motifs is 1. The van der Waals surface area contributed by atoms with E-state index in [-0.39, 0.29) is 35.9 Å². The monoisotopic (exact) mass is 345 g/mol. The lowest BCUT2D eigenvalue weighted by atomic mass is 9.87. The van der Waals surface area contributed by atoms with Gasteiger partial charge in [-0.05, 0) is 42.6 Å². The highest BCUT2D eigenvalue weighted by molar-refractivity contribution is 7.71. The second-order valence-corrected chi connectivity index (χ2v) is 7.57. The van der Waals surface area contributed by atoms with Crippen molar-refractivity contribution in [3.63, 3.8) is 0 Å². The Balaban J connectivity index is 1.73. The number of benzene rings is 1. The fourth-order valence-corrected chi connectivity index (χ4v) is 3.76. The molecule has 1 heterocycles. The summed E-state index contributed by atoms with van der Waals surface area (Å²) in [6.07, 6.45) is 3.55. The predicted octanol–water partition coefficient (Wildman–Crippen LogP) is 3.14. The summed E-state index contributed by atoms with van der Waals surface area (Å²) in [7, 11) is 0. The van der Waals surface area contributed by atoms with Gasteiger partial charge in [0.2, 0.25) is 5.91 Å². The van der Waals surface area contributed by atoms with E-state index in [4.69, 9.17) is 12.2 Å². The Morgan fingerprint density at radius 2 is 2.17 bits per heavy atom. The molecule has 1 unspecified atom stereocenters. The second-order valence-electron chi connectivity index (χ2n) is 7.18. The predicted molar refractivity (Wildman–Crippen MR) is 97.6 cm³/mol. The van der Waals surface area contributed by atoms with Gasteiger partial charge in [-0.3, -0.25) is 14.2 Å². The Hall–Kier alpha value is -1.95. The smallest absolute Gasteiger partial charge is 0.262 e. The molecule has 5 nitrogen and oxygen atoms in total. The van der Waals surface area contributed by atoms with Gasteiger partial charge in [-0.2, -0.15) is 0 Å². The number of nitrogens with zero attached hydrogens (tertiary/aromatic N) is 1. The molecule has 0 aliphatic heterocycles. The minimum absolute atomic E-state index is 0.0237. The lowest BCUT2D eigenvalue weighted by molar-refractivity contribution is -0.122. The quantitative estimate of drug-likeness (QED) is 0.837. The van der Waals surface area contributed by atoms with Gasteiger partial charge in [0.05, 0.1) is 10.9 Å². The fourth-order valence-electron chi connectivity index (χ4n) is 3.48. The van der Waals surface area contributed by atoms with E-state index in [9.17, 15) is 9.59 Å². The third kappa shape index (κ3) is 3.29. The summed E-state index contributed by atoms with van der Waals surface area (Å²) in [5.74, 6) is -0.0237. The Labute approximate surface area is 146 Å². The highest BCUT2D eigenvalue weighted by Crippen LogP contribution is 2.37. The molecule has 6 heteroatoms. The Morgan fingerprint density at radius 3 is 2.88 bits per heavy atom. The van der Waals surface area contributed by atoms with Gasteiger partial charge in [0.25, 0.3) is 5.56 Å². The second kappa shape index (κ2) is 6.51. The average Bonchev–Trinajstić information content (AvgIpc) is 2.85. The van der Waals surface area contributed by atoms with Crippen LogP contribution in [0.1, 0.15) is 39.5 Å². The van der Waals surface area contributed by atoms with E-state index in [0.29, 0.717) is 10.2 Å². The van der Waals surface area contributed by atoms with Crippen molar-refractivity contribution >= 4 is 29.0 Å². The van der Waals surface area contributed by atoms with Crippen molar-refractivity contribution in [3.05, 3.63) is 39.4 Å². The molecule has 1 fully saturated rings. The summed E-state index contributed by atoms with van der Waals surface area (Å²) in [4.78, 5) is 27.9. The van der Waals surface area contributed by atoms with Gasteiger partial charge < -0.3 is 10.3 Å². The van der Waals surface area contributed by atoms with Crippen LogP contribution in [0.5, 0.6) is 0 Å². The topological polar surface area (TPSA) is 66.9 Å². The molecule has 1 aromatic heterocycles. The van der Waals surface area contributed by atoms with Crippen LogP contribution >= 0.6 is 12.2 Å². The molecule has 1 aliphatic carbocycles. The lowest BCUT2D eigenvalue weighted by Gasteiger charge is -2.27. The van der Waals surface area contributed by atoms with Gasteiger partial charge >= 0.3 is 0 Å². The molecular weight excluding hydrogens is 322 g/mol. The molecule has 1 aliphatic rings. The number of aromatic amines is 1. The van der Waals surface area contributed by atoms with Crippen molar-refractivity contribution in [3.8, 4) is 0 Å². The zero-order chi connectivity index (χ0) is 17.3. The van der Waals surface area contributed by atoms with Crippen LogP contribution in [0, 0.1) is 10.2 Å². The van der Waals surface area contributed by atoms with Crippen LogP contribution in [-0.4, -0.2) is 21.5 Å². The maximum absolute atomic E-state index is 12.6. The molecule has 1 atom stereocenters. The van der Waals surface area contributed by atoms with Gasteiger partial charge in [-0.15, -0.1) is 0 Å². The molecule has 2 aromatic rings. The van der Waals surface area contributed by atoms with Crippen molar-refractivity contribution in [2.24, 2.45) is 5.41 Å². The highest BCUT2D eigenvalue weighted by atomic mass is 32.1. The zero-order valence-electron chi connectivity index (χ0n) is 14.1. The third-order valence-electron chi connectivity index (χ3n) is 5.04. The summed E-state index contributed by atoms with van der Waals surface area (Å²) in [6.45, 7) is 4.67. The first kappa shape index (κ1) is 16.9. The van der Waals surface area contributed by atoms with Crippen LogP contribution < -0.4 is 10.9 Å². The molecular formula is C18H23N3O2S. The van der Waals surface area contributed by atoms with Crippen molar-refractivity contribution in [2.75, 3.05) is 0 Å². The molecule has 3 rings (SSSR count). The van der Waals surface area contributed by atoms with E-state index >= 15 is 0 Å². The number of nitrogens with one attached hydrogen (secondary N) is 2. The lowest BCUT2D eigenvalue weighted by Crippen LogP contribution is -2.42. The normalized spacial score (nSPS) is 19.5. The molecule has 0 saturated heterocycles. The highest BCUT2D eigenvalue weighted by Gasteiger charge is 2.35. The molecule has 1 saturated carbocycles. The number of hydrogen-bond acceptors (Lipinski definition) is 3. The first-order chi connectivity index (χ1) is 11.4. The van der Waals surface area contributed by atoms with Crippen LogP contribution in [0.3, 0.4) is 0 Å². The van der Waals surface area contributed by atoms with E-state index in [1.54, 1.807) is 6.07 Å². The number of amides is 1. The number of carbonyl (C=O) groups is 1. The first-order valence-electron chi connectivity index (χ1n) is 8.40. The Kier molecular flexibility index (Phi) is 4.58. The summed E-state index contributed by atoms with van der Waals surface area (Å²) < 4.78 is 1.82. The number of carbonyl (C=O) groups excluding carboxylic acids is 1. The minimum atomic E-state index is -0.150. The molecule has 1 aromatic carbocycles. The first-order valence-corrected chi connectivity index (χ1v) is 8.80. The van der Waals surface area contributed by atoms with Gasteiger partial charge in [-0.1, -0.05) is 32.4 Å². The van der Waals surface area contributed by atoms with Gasteiger partial charge in [-0.25, -0.2) is 0 Å². The van der Waals surface area contributed by atoms with Crippen molar-refractivity contribution in [1.29, 1.82) is 0 Å². The summed E-state index contributed by atoms with van der Waals surface area (Å²) in [5.41, 5.74) is 0.719. The maximum Gasteiger partial charge on any atom is 0.262 e. The molecule has 2 N–H and O–H groups in total. The van der Waals surface area contributed by atoms with Crippen LogP contribution in [0.15, 0.2) is 29.1 Å². The number of H-pyrrole nitrogens is 1. The average molecular weight is 345 g/mol. The molecule has 128 valence electrons. The maximum atomic E-state index is 12.6. The standard InChI is InChI=1S/C18H23N3O2S/c1-18(2)10-5-8-14(18)20-15(22)9-11-21-16(23)12-6-3-4-7-13(12)19-17(21)24/h3-4,6-7,14H,5,8-11H2,1-2H3,(H,19,24)(H,20,22). The van der Waals surface area contributed by atoms with Crippen molar-refractivity contribution in [1.82, 2.24) is 14.9 Å². The van der Waals surface area contributed by atoms with Crippen LogP contribution in [0.2, 0.25) is 0 Å². The summed E-state index contributed by atoms with van der Waals surface area (Å²) >= 11 is 5.27. The number of para-hydroxylation sites is 1. The zero-order valence-corrected chi connectivity index (χ0v) is 14.9. The van der Waals surface area contributed by atoms with Crippen LogP contribution in [0.25, 0.3) is 10.9 Å². The van der Waals surface area contributed by atoms with E-state index in [1.807, 2.05) is 18.2 Å².